The van der Waals surface area contributed by atoms with Crippen LogP contribution in [0.4, 0.5) is 14.5 Å². The lowest BCUT2D eigenvalue weighted by atomic mass is 9.93. The van der Waals surface area contributed by atoms with Crippen molar-refractivity contribution < 1.29 is 13.6 Å². The van der Waals surface area contributed by atoms with E-state index in [2.05, 4.69) is 36.2 Å². The van der Waals surface area contributed by atoms with Gasteiger partial charge in [-0.25, -0.2) is 8.78 Å². The van der Waals surface area contributed by atoms with Gasteiger partial charge in [0.2, 0.25) is 0 Å². The molecule has 5 rings (SSSR count). The summed E-state index contributed by atoms with van der Waals surface area (Å²) < 4.78 is 23.9. The van der Waals surface area contributed by atoms with Crippen molar-refractivity contribution in [1.82, 2.24) is 0 Å². The van der Waals surface area contributed by atoms with E-state index in [1.165, 1.54) is 17.7 Å². The summed E-state index contributed by atoms with van der Waals surface area (Å²) in [4.78, 5) is 11.7. The molecule has 1 saturated carbocycles. The summed E-state index contributed by atoms with van der Waals surface area (Å²) in [6.07, 6.45) is 2.33. The largest absolute Gasteiger partial charge is 0.330 e. The average Bonchev–Trinajstić information content (AvgIpc) is 3.52. The van der Waals surface area contributed by atoms with Gasteiger partial charge in [0.05, 0.1) is 10.7 Å². The van der Waals surface area contributed by atoms with Crippen molar-refractivity contribution in [2.45, 2.75) is 18.3 Å². The second-order valence-electron chi connectivity index (χ2n) is 7.79. The van der Waals surface area contributed by atoms with Crippen molar-refractivity contribution in [1.29, 1.82) is 0 Å². The third-order valence-corrected chi connectivity index (χ3v) is 6.14. The molecule has 0 aromatic heterocycles. The summed E-state index contributed by atoms with van der Waals surface area (Å²) in [5.74, 6) is -1.76. The first kappa shape index (κ1) is 21.2. The topological polar surface area (TPSA) is 55.1 Å². The fourth-order valence-corrected chi connectivity index (χ4v) is 3.94. The zero-order valence-electron chi connectivity index (χ0n) is 16.7. The Balaban J connectivity index is 0.000000245. The van der Waals surface area contributed by atoms with E-state index in [1.54, 1.807) is 6.07 Å². The Bertz CT molecular complexity index is 1150. The summed E-state index contributed by atoms with van der Waals surface area (Å²) in [5, 5.41) is 3.39. The maximum absolute atomic E-state index is 11.9. The molecule has 1 aliphatic heterocycles. The van der Waals surface area contributed by atoms with Crippen molar-refractivity contribution in [3.05, 3.63) is 95.0 Å². The molecule has 0 spiro atoms. The van der Waals surface area contributed by atoms with Gasteiger partial charge in [-0.05, 0) is 48.2 Å². The fraction of sp³-hybridized carbons (Fsp3) is 0.160. The van der Waals surface area contributed by atoms with Crippen molar-refractivity contribution in [2.24, 2.45) is 5.73 Å². The van der Waals surface area contributed by atoms with Crippen LogP contribution in [-0.4, -0.2) is 12.5 Å². The molecule has 1 amide bonds. The average molecular weight is 439 g/mol. The van der Waals surface area contributed by atoms with Crippen molar-refractivity contribution in [3.63, 3.8) is 0 Å². The SMILES string of the molecule is C=C1C(=O)Nc2cc(Cl)c(-c3ccc(C4(CN)CC4)cc3)cc21.Fc1ccccc1F. The van der Waals surface area contributed by atoms with Gasteiger partial charge in [0.25, 0.3) is 5.91 Å². The van der Waals surface area contributed by atoms with Crippen LogP contribution in [0.5, 0.6) is 0 Å². The van der Waals surface area contributed by atoms with Crippen LogP contribution in [0, 0.1) is 11.6 Å². The maximum atomic E-state index is 11.9. The van der Waals surface area contributed by atoms with E-state index in [-0.39, 0.29) is 11.3 Å². The highest BCUT2D eigenvalue weighted by Crippen LogP contribution is 2.47. The minimum absolute atomic E-state index is 0.165. The van der Waals surface area contributed by atoms with Crippen LogP contribution >= 0.6 is 11.6 Å². The minimum atomic E-state index is -0.799. The molecule has 0 unspecified atom stereocenters. The number of nitrogens with one attached hydrogen (secondary N) is 1. The van der Waals surface area contributed by atoms with Crippen LogP contribution in [0.25, 0.3) is 16.7 Å². The number of halogens is 3. The van der Waals surface area contributed by atoms with Crippen molar-refractivity contribution in [3.8, 4) is 11.1 Å². The number of nitrogens with two attached hydrogens (primary N) is 1. The van der Waals surface area contributed by atoms with E-state index < -0.39 is 11.6 Å². The lowest BCUT2D eigenvalue weighted by Gasteiger charge is -2.14. The molecule has 0 atom stereocenters. The van der Waals surface area contributed by atoms with Gasteiger partial charge < -0.3 is 11.1 Å². The van der Waals surface area contributed by atoms with Crippen LogP contribution in [0.15, 0.2) is 67.2 Å². The third kappa shape index (κ3) is 4.11. The quantitative estimate of drug-likeness (QED) is 0.498. The maximum Gasteiger partial charge on any atom is 0.255 e. The molecule has 158 valence electrons. The standard InChI is InChI=1S/C19H17ClN2O.C6H4F2/c1-11-14-8-15(16(20)9-17(14)22-18(11)23)12-2-4-13(5-3-12)19(10-21)6-7-19;7-5-3-1-2-4-6(5)8/h2-5,8-9H,1,6-7,10,21H2,(H,22,23);1-4H. The highest BCUT2D eigenvalue weighted by Gasteiger charge is 2.42. The Kier molecular flexibility index (Phi) is 5.65. The molecule has 3 aromatic rings. The number of carbonyl (C=O) groups excluding carboxylic acids is 1. The number of fused-ring (bicyclic) bond motifs is 1. The van der Waals surface area contributed by atoms with Crippen LogP contribution in [0.3, 0.4) is 0 Å². The summed E-state index contributed by atoms with van der Waals surface area (Å²) in [6, 6.07) is 17.2. The van der Waals surface area contributed by atoms with Gasteiger partial charge in [-0.15, -0.1) is 0 Å². The van der Waals surface area contributed by atoms with E-state index in [9.17, 15) is 13.6 Å². The Morgan fingerprint density at radius 3 is 2.13 bits per heavy atom. The Labute approximate surface area is 184 Å². The van der Waals surface area contributed by atoms with Gasteiger partial charge in [0.1, 0.15) is 0 Å². The van der Waals surface area contributed by atoms with Crippen molar-refractivity contribution >= 4 is 28.8 Å². The summed E-state index contributed by atoms with van der Waals surface area (Å²) in [7, 11) is 0. The van der Waals surface area contributed by atoms with Crippen LogP contribution in [0.2, 0.25) is 5.02 Å². The molecule has 0 radical (unpaired) electrons. The fourth-order valence-electron chi connectivity index (χ4n) is 3.67. The second-order valence-corrected chi connectivity index (χ2v) is 8.19. The molecule has 0 saturated heterocycles. The Hall–Kier alpha value is -3.02. The summed E-state index contributed by atoms with van der Waals surface area (Å²) in [5.41, 5.74) is 11.3. The molecule has 3 aromatic carbocycles. The first-order chi connectivity index (χ1) is 14.8. The molecule has 3 nitrogen and oxygen atoms in total. The minimum Gasteiger partial charge on any atom is -0.330 e. The van der Waals surface area contributed by atoms with Crippen LogP contribution in [-0.2, 0) is 10.2 Å². The number of carbonyl (C=O) groups is 1. The van der Waals surface area contributed by atoms with Gasteiger partial charge in [-0.1, -0.05) is 54.6 Å². The normalized spacial score (nSPS) is 15.6. The first-order valence-corrected chi connectivity index (χ1v) is 10.3. The number of benzene rings is 3. The van der Waals surface area contributed by atoms with Crippen LogP contribution < -0.4 is 11.1 Å². The van der Waals surface area contributed by atoms with E-state index >= 15 is 0 Å². The first-order valence-electron chi connectivity index (χ1n) is 9.90. The van der Waals surface area contributed by atoms with Gasteiger partial charge in [0.15, 0.2) is 11.6 Å². The Morgan fingerprint density at radius 1 is 1.00 bits per heavy atom. The zero-order chi connectivity index (χ0) is 22.2. The third-order valence-electron chi connectivity index (χ3n) is 5.83. The number of anilines is 1. The molecule has 2 aliphatic rings. The monoisotopic (exact) mass is 438 g/mol. The van der Waals surface area contributed by atoms with Crippen molar-refractivity contribution in [2.75, 3.05) is 11.9 Å². The predicted octanol–water partition coefficient (Wildman–Crippen LogP) is 5.93. The van der Waals surface area contributed by atoms with E-state index in [0.717, 1.165) is 47.4 Å². The van der Waals surface area contributed by atoms with Crippen LogP contribution in [0.1, 0.15) is 24.0 Å². The van der Waals surface area contributed by atoms with E-state index in [4.69, 9.17) is 17.3 Å². The molecule has 6 heteroatoms. The van der Waals surface area contributed by atoms with Gasteiger partial charge in [-0.2, -0.15) is 0 Å². The van der Waals surface area contributed by atoms with E-state index in [0.29, 0.717) is 17.1 Å². The molecule has 1 heterocycles. The molecule has 0 bridgehead atoms. The lowest BCUT2D eigenvalue weighted by molar-refractivity contribution is -0.110. The number of amides is 1. The van der Waals surface area contributed by atoms with Gasteiger partial charge in [-0.3, -0.25) is 4.79 Å². The lowest BCUT2D eigenvalue weighted by Crippen LogP contribution is -2.19. The zero-order valence-corrected chi connectivity index (χ0v) is 17.5. The molecule has 3 N–H and O–H groups in total. The highest BCUT2D eigenvalue weighted by atomic mass is 35.5. The second kappa shape index (κ2) is 8.25. The molecule has 1 aliphatic carbocycles. The molecule has 31 heavy (non-hydrogen) atoms. The number of hydrogen-bond acceptors (Lipinski definition) is 2. The predicted molar refractivity (Wildman–Crippen MR) is 121 cm³/mol. The summed E-state index contributed by atoms with van der Waals surface area (Å²) >= 11 is 6.41. The van der Waals surface area contributed by atoms with E-state index in [1.807, 2.05) is 6.07 Å². The highest BCUT2D eigenvalue weighted by molar-refractivity contribution is 6.36. The smallest absolute Gasteiger partial charge is 0.255 e. The molecular formula is C25H21ClF2N2O. The van der Waals surface area contributed by atoms with Gasteiger partial charge >= 0.3 is 0 Å². The molecule has 1 fully saturated rings. The van der Waals surface area contributed by atoms with Gasteiger partial charge in [0, 0.05) is 28.7 Å². The Morgan fingerprint density at radius 2 is 1.61 bits per heavy atom. The summed E-state index contributed by atoms with van der Waals surface area (Å²) in [6.45, 7) is 4.53. The molecular weight excluding hydrogens is 418 g/mol. The number of hydrogen-bond donors (Lipinski definition) is 2. The number of rotatable bonds is 3.